The smallest absolute Gasteiger partial charge is 0.411 e. The molecule has 4 aliphatic heterocycles. The minimum atomic E-state index is -1.95. The molecule has 23 nitrogen and oxygen atoms in total. The number of carbonyl (C=O) groups is 9. The number of benzene rings is 2. The number of ether oxygens (including phenoxy) is 5. The molecule has 2 fully saturated rings. The second-order valence-electron chi connectivity index (χ2n) is 21.5. The number of hydrogen-bond donors (Lipinski definition) is 6. The largest absolute Gasteiger partial charge is 0.495 e. The third-order valence-corrected chi connectivity index (χ3v) is 15.4. The van der Waals surface area contributed by atoms with Crippen LogP contribution in [0.15, 0.2) is 60.7 Å². The van der Waals surface area contributed by atoms with Gasteiger partial charge in [0, 0.05) is 51.4 Å². The first-order valence-electron chi connectivity index (χ1n) is 27.4. The summed E-state index contributed by atoms with van der Waals surface area (Å²) in [6.07, 6.45) is 4.50. The maximum atomic E-state index is 14.2. The number of esters is 1. The van der Waals surface area contributed by atoms with Gasteiger partial charge in [-0.1, -0.05) is 63.1 Å². The van der Waals surface area contributed by atoms with Crippen LogP contribution in [0.5, 0.6) is 5.75 Å². The van der Waals surface area contributed by atoms with Crippen molar-refractivity contribution < 1.29 is 71.9 Å². The SMILES string of the molecule is CNCCCC(NC(=O)CNC(=O)CCCCCN1C(=O)C=CC1=O)C(=O)Nc1ccc(COC(=O)N2C3/C=C/[C@@H](OC)C4(O)C[C@H](OC(=O)N4)[C@@H](C)CCC(OC(=O)C(C)C)CC(=O)N(C)c4cc(cc(OC)c4Cl)CC32C)cc1. The lowest BCUT2D eigenvalue weighted by Gasteiger charge is -2.42. The average Bonchev–Trinajstić information content (AvgIpc) is 4.11. The predicted octanol–water partition coefficient (Wildman–Crippen LogP) is 4.80. The van der Waals surface area contributed by atoms with E-state index in [1.54, 1.807) is 76.5 Å². The highest BCUT2D eigenvalue weighted by atomic mass is 35.5. The summed E-state index contributed by atoms with van der Waals surface area (Å²) in [6.45, 7) is 7.39. The molecule has 0 radical (unpaired) electrons. The molecule has 0 spiro atoms. The van der Waals surface area contributed by atoms with Crippen molar-refractivity contribution in [1.82, 2.24) is 31.1 Å². The number of halogens is 1. The number of alkyl carbamates (subject to hydrolysis) is 1. The molecule has 2 aromatic carbocycles. The van der Waals surface area contributed by atoms with Gasteiger partial charge in [0.05, 0.1) is 43.3 Å². The Labute approximate surface area is 477 Å². The highest BCUT2D eigenvalue weighted by Crippen LogP contribution is 2.47. The van der Waals surface area contributed by atoms with Crippen LogP contribution in [0.25, 0.3) is 0 Å². The first-order chi connectivity index (χ1) is 38.5. The quantitative estimate of drug-likeness (QED) is 0.0244. The Balaban J connectivity index is 1.13. The molecule has 8 amide bonds. The minimum Gasteiger partial charge on any atom is -0.495 e. The zero-order valence-corrected chi connectivity index (χ0v) is 48.1. The predicted molar refractivity (Wildman–Crippen MR) is 297 cm³/mol. The number of hydrogen-bond acceptors (Lipinski definition) is 16. The summed E-state index contributed by atoms with van der Waals surface area (Å²) in [5.41, 5.74) is -0.995. The normalized spacial score (nSPS) is 24.6. The Morgan fingerprint density at radius 3 is 2.33 bits per heavy atom. The van der Waals surface area contributed by atoms with Gasteiger partial charge in [0.1, 0.15) is 41.7 Å². The lowest BCUT2D eigenvalue weighted by atomic mass is 9.87. The van der Waals surface area contributed by atoms with E-state index in [4.69, 9.17) is 35.3 Å². The summed E-state index contributed by atoms with van der Waals surface area (Å²) in [6, 6.07) is 8.45. The number of amides is 8. The number of methoxy groups -OCH3 is 2. The first-order valence-corrected chi connectivity index (χ1v) is 27.7. The highest BCUT2D eigenvalue weighted by molar-refractivity contribution is 6.35. The van der Waals surface area contributed by atoms with Crippen molar-refractivity contribution in [3.63, 3.8) is 0 Å². The van der Waals surface area contributed by atoms with Gasteiger partial charge in [0.15, 0.2) is 5.72 Å². The van der Waals surface area contributed by atoms with Gasteiger partial charge in [-0.15, -0.1) is 0 Å². The fourth-order valence-corrected chi connectivity index (χ4v) is 10.4. The van der Waals surface area contributed by atoms with Crippen molar-refractivity contribution in [1.29, 1.82) is 0 Å². The average molecular weight is 1150 g/mol. The topological polar surface area (TPSA) is 290 Å². The highest BCUT2D eigenvalue weighted by Gasteiger charge is 2.61. The van der Waals surface area contributed by atoms with Crippen LogP contribution >= 0.6 is 11.6 Å². The molecular weight excluding hydrogens is 1070 g/mol. The third kappa shape index (κ3) is 16.8. The Hall–Kier alpha value is -7.08. The number of fused-ring (bicyclic) bond motifs is 5. The number of unbranched alkanes of at least 4 members (excludes halogenated alkanes) is 2. The summed E-state index contributed by atoms with van der Waals surface area (Å²) in [5, 5.41) is 25.9. The van der Waals surface area contributed by atoms with Crippen LogP contribution in [0.1, 0.15) is 103 Å². The Morgan fingerprint density at radius 2 is 1.67 bits per heavy atom. The Kier molecular flexibility index (Phi) is 22.3. The van der Waals surface area contributed by atoms with Crippen LogP contribution in [-0.4, -0.2) is 158 Å². The Bertz CT molecular complexity index is 2690. The lowest BCUT2D eigenvalue weighted by molar-refractivity contribution is -0.155. The van der Waals surface area contributed by atoms with Gasteiger partial charge in [0.2, 0.25) is 23.6 Å². The number of nitrogens with one attached hydrogen (secondary N) is 5. The van der Waals surface area contributed by atoms with Crippen molar-refractivity contribution in [2.45, 2.75) is 147 Å². The van der Waals surface area contributed by atoms with Crippen LogP contribution in [0.2, 0.25) is 5.02 Å². The maximum absolute atomic E-state index is 14.2. The van der Waals surface area contributed by atoms with E-state index in [-0.39, 0.29) is 86.2 Å². The lowest BCUT2D eigenvalue weighted by Crippen LogP contribution is -2.63. The van der Waals surface area contributed by atoms with Crippen LogP contribution < -0.4 is 36.2 Å². The third-order valence-electron chi connectivity index (χ3n) is 15.0. The van der Waals surface area contributed by atoms with Gasteiger partial charge in [0.25, 0.3) is 11.8 Å². The summed E-state index contributed by atoms with van der Waals surface area (Å²) in [4.78, 5) is 121. The van der Waals surface area contributed by atoms with E-state index in [2.05, 4.69) is 26.6 Å². The van der Waals surface area contributed by atoms with Crippen LogP contribution in [0, 0.1) is 11.8 Å². The number of imide groups is 1. The minimum absolute atomic E-state index is 0.0879. The van der Waals surface area contributed by atoms with Crippen molar-refractivity contribution in [2.24, 2.45) is 11.8 Å². The molecule has 81 heavy (non-hydrogen) atoms. The number of aliphatic hydroxyl groups is 1. The molecule has 0 aliphatic carbocycles. The molecule has 6 N–H and O–H groups in total. The van der Waals surface area contributed by atoms with Gasteiger partial charge < -0.3 is 55.0 Å². The van der Waals surface area contributed by atoms with Gasteiger partial charge in [-0.3, -0.25) is 48.7 Å². The van der Waals surface area contributed by atoms with E-state index in [0.29, 0.717) is 67.6 Å². The first kappa shape index (κ1) is 63.1. The Morgan fingerprint density at radius 1 is 0.951 bits per heavy atom. The fraction of sp³-hybridized carbons (Fsp3) is 0.561. The number of anilines is 2. The number of carbonyl (C=O) groups excluding carboxylic acids is 9. The second kappa shape index (κ2) is 28.6. The van der Waals surface area contributed by atoms with E-state index in [0.717, 1.165) is 4.90 Å². The maximum Gasteiger partial charge on any atom is 0.411 e. The summed E-state index contributed by atoms with van der Waals surface area (Å²) in [5.74, 6) is -3.58. The monoisotopic (exact) mass is 1150 g/mol. The number of rotatable bonds is 21. The number of nitrogens with zero attached hydrogens (tertiary/aromatic N) is 3. The molecular formula is C57H77ClN8O15. The molecule has 442 valence electrons. The molecule has 6 rings (SSSR count). The molecule has 0 aromatic heterocycles. The van der Waals surface area contributed by atoms with Crippen molar-refractivity contribution in [3.05, 3.63) is 76.9 Å². The summed E-state index contributed by atoms with van der Waals surface area (Å²) < 4.78 is 28.9. The zero-order valence-electron chi connectivity index (χ0n) is 47.3. The van der Waals surface area contributed by atoms with Crippen LogP contribution in [0.3, 0.4) is 0 Å². The molecule has 0 saturated carbocycles. The van der Waals surface area contributed by atoms with Crippen LogP contribution in [-0.2, 0) is 65.5 Å². The van der Waals surface area contributed by atoms with Gasteiger partial charge in [-0.05, 0) is 107 Å². The molecule has 24 heteroatoms. The van der Waals surface area contributed by atoms with E-state index in [9.17, 15) is 48.3 Å². The van der Waals surface area contributed by atoms with E-state index < -0.39 is 83.5 Å². The van der Waals surface area contributed by atoms with Crippen LogP contribution in [0.4, 0.5) is 21.0 Å². The summed E-state index contributed by atoms with van der Waals surface area (Å²) in [7, 11) is 6.15. The van der Waals surface area contributed by atoms with Crippen molar-refractivity contribution in [3.8, 4) is 5.75 Å². The molecule has 8 atom stereocenters. The second-order valence-corrected chi connectivity index (χ2v) is 21.9. The van der Waals surface area contributed by atoms with Gasteiger partial charge in [-0.25, -0.2) is 9.59 Å². The van der Waals surface area contributed by atoms with Crippen molar-refractivity contribution in [2.75, 3.05) is 58.2 Å². The molecule has 2 saturated heterocycles. The molecule has 4 heterocycles. The molecule has 5 unspecified atom stereocenters. The van der Waals surface area contributed by atoms with Gasteiger partial charge in [-0.2, -0.15) is 0 Å². The molecule has 4 bridgehead atoms. The molecule has 2 aromatic rings. The van der Waals surface area contributed by atoms with Crippen molar-refractivity contribution >= 4 is 76.6 Å². The molecule has 4 aliphatic rings. The van der Waals surface area contributed by atoms with E-state index in [1.807, 2.05) is 13.8 Å². The summed E-state index contributed by atoms with van der Waals surface area (Å²) >= 11 is 6.88. The van der Waals surface area contributed by atoms with Gasteiger partial charge >= 0.3 is 18.2 Å². The van der Waals surface area contributed by atoms with E-state index in [1.165, 1.54) is 36.2 Å². The standard InChI is InChI=1S/C57H77ClN8O15/c1-34(2)53(73)80-39-20-15-35(3)43-31-57(76,63-54(74)81-43)45(78-8)22-21-44-56(4,30-37-27-41(64(6)50(71)29-39)51(58)42(28-37)77-7)66(44)55(75)79-33-36-16-18-38(19-17-36)61-52(72)40(13-12-25-59-5)62-47(68)32-60-46(67)14-10-9-11-26-65-48(69)23-24-49(65)70/h16-19,21-24,27-28,34-35,39-40,43-45,59,76H,9-15,20,25-26,29-33H2,1-8H3,(H,60,67)(H,61,72)(H,62,68)(H,63,74)/b22-21+/t35-,39?,40?,43-,44?,45+,56?,57?,66?/m0/s1. The zero-order chi connectivity index (χ0) is 59.2. The van der Waals surface area contributed by atoms with E-state index >= 15 is 0 Å². The fourth-order valence-electron chi connectivity index (χ4n) is 10.1.